The van der Waals surface area contributed by atoms with Gasteiger partial charge in [0.25, 0.3) is 0 Å². The fourth-order valence-corrected chi connectivity index (χ4v) is 2.08. The molecule has 5 heteroatoms. The van der Waals surface area contributed by atoms with Crippen molar-refractivity contribution in [1.29, 1.82) is 0 Å². The zero-order valence-electron chi connectivity index (χ0n) is 6.70. The zero-order chi connectivity index (χ0) is 8.65. The number of nitroso groups, excluding NO2 is 1. The standard InChI is InChI=1S/C6H10N2O2S/c1-6(2)4(9)8(3)5(7-10)11-6/h5H,1-3H3. The van der Waals surface area contributed by atoms with Crippen molar-refractivity contribution in [2.75, 3.05) is 7.05 Å². The van der Waals surface area contributed by atoms with Crippen molar-refractivity contribution in [3.05, 3.63) is 4.91 Å². The minimum Gasteiger partial charge on any atom is -0.311 e. The molecule has 1 aliphatic rings. The van der Waals surface area contributed by atoms with Crippen molar-refractivity contribution in [2.45, 2.75) is 24.1 Å². The fraction of sp³-hybridized carbons (Fsp3) is 0.833. The van der Waals surface area contributed by atoms with Gasteiger partial charge in [0.1, 0.15) is 0 Å². The van der Waals surface area contributed by atoms with Crippen LogP contribution in [0.1, 0.15) is 13.8 Å². The Balaban J connectivity index is 2.85. The molecule has 4 nitrogen and oxygen atoms in total. The normalized spacial score (nSPS) is 29.2. The van der Waals surface area contributed by atoms with Crippen molar-refractivity contribution in [1.82, 2.24) is 4.90 Å². The molecule has 0 spiro atoms. The first-order valence-electron chi connectivity index (χ1n) is 3.26. The number of nitrogens with zero attached hydrogens (tertiary/aromatic N) is 2. The van der Waals surface area contributed by atoms with Crippen molar-refractivity contribution in [3.8, 4) is 0 Å². The molecule has 0 bridgehead atoms. The van der Waals surface area contributed by atoms with Gasteiger partial charge in [0.2, 0.25) is 11.4 Å². The van der Waals surface area contributed by atoms with E-state index in [1.165, 1.54) is 16.7 Å². The SMILES string of the molecule is CN1C(=O)C(C)(C)SC1N=O. The number of carbonyl (C=O) groups excluding carboxylic acids is 1. The van der Waals surface area contributed by atoms with Gasteiger partial charge < -0.3 is 4.90 Å². The van der Waals surface area contributed by atoms with E-state index in [2.05, 4.69) is 5.18 Å². The van der Waals surface area contributed by atoms with Gasteiger partial charge in [-0.2, -0.15) is 0 Å². The zero-order valence-corrected chi connectivity index (χ0v) is 7.51. The fourth-order valence-electron chi connectivity index (χ4n) is 1.01. The number of amides is 1. The highest BCUT2D eigenvalue weighted by Crippen LogP contribution is 2.39. The maximum absolute atomic E-state index is 11.3. The van der Waals surface area contributed by atoms with Gasteiger partial charge in [-0.15, -0.1) is 4.91 Å². The maximum Gasteiger partial charge on any atom is 0.240 e. The van der Waals surface area contributed by atoms with Gasteiger partial charge >= 0.3 is 0 Å². The number of hydrogen-bond acceptors (Lipinski definition) is 4. The van der Waals surface area contributed by atoms with Crippen LogP contribution in [0.4, 0.5) is 0 Å². The summed E-state index contributed by atoms with van der Waals surface area (Å²) in [5, 5.41) is 2.83. The molecule has 1 rings (SSSR count). The molecule has 62 valence electrons. The van der Waals surface area contributed by atoms with E-state index in [9.17, 15) is 9.70 Å². The Labute approximate surface area is 69.3 Å². The van der Waals surface area contributed by atoms with Gasteiger partial charge in [-0.25, -0.2) is 0 Å². The predicted octanol–water partition coefficient (Wildman–Crippen LogP) is 1.02. The highest BCUT2D eigenvalue weighted by molar-refractivity contribution is 8.02. The van der Waals surface area contributed by atoms with E-state index in [1.54, 1.807) is 20.9 Å². The molecule has 0 aromatic carbocycles. The van der Waals surface area contributed by atoms with Crippen LogP contribution in [0.15, 0.2) is 5.18 Å². The van der Waals surface area contributed by atoms with Crippen molar-refractivity contribution in [2.24, 2.45) is 5.18 Å². The number of thioether (sulfide) groups is 1. The molecule has 0 aromatic heterocycles. The second kappa shape index (κ2) is 2.48. The van der Waals surface area contributed by atoms with Crippen LogP contribution in [0.25, 0.3) is 0 Å². The van der Waals surface area contributed by atoms with Crippen LogP contribution >= 0.6 is 11.8 Å². The monoisotopic (exact) mass is 174 g/mol. The van der Waals surface area contributed by atoms with Gasteiger partial charge in [-0.05, 0) is 19.0 Å². The van der Waals surface area contributed by atoms with E-state index in [4.69, 9.17) is 0 Å². The molecular weight excluding hydrogens is 164 g/mol. The number of carbonyl (C=O) groups is 1. The van der Waals surface area contributed by atoms with Crippen LogP contribution in [0, 0.1) is 4.91 Å². The Morgan fingerprint density at radius 1 is 1.64 bits per heavy atom. The van der Waals surface area contributed by atoms with Gasteiger partial charge in [0.05, 0.1) is 4.75 Å². The van der Waals surface area contributed by atoms with Crippen LogP contribution in [0.3, 0.4) is 0 Å². The molecule has 0 radical (unpaired) electrons. The van der Waals surface area contributed by atoms with Crippen LogP contribution in [0.2, 0.25) is 0 Å². The molecule has 0 saturated carbocycles. The molecule has 0 N–H and O–H groups in total. The minimum absolute atomic E-state index is 0.0351. The number of hydrogen-bond donors (Lipinski definition) is 0. The Morgan fingerprint density at radius 2 is 2.18 bits per heavy atom. The molecule has 1 heterocycles. The average molecular weight is 174 g/mol. The Morgan fingerprint density at radius 3 is 2.36 bits per heavy atom. The molecule has 1 saturated heterocycles. The first-order valence-corrected chi connectivity index (χ1v) is 4.14. The lowest BCUT2D eigenvalue weighted by molar-refractivity contribution is -0.130. The first-order chi connectivity index (χ1) is 4.99. The van der Waals surface area contributed by atoms with Crippen LogP contribution < -0.4 is 0 Å². The topological polar surface area (TPSA) is 49.7 Å². The van der Waals surface area contributed by atoms with Crippen molar-refractivity contribution < 1.29 is 4.79 Å². The summed E-state index contributed by atoms with van der Waals surface area (Å²) in [6.45, 7) is 3.59. The van der Waals surface area contributed by atoms with E-state index in [1.807, 2.05) is 0 Å². The third kappa shape index (κ3) is 1.24. The van der Waals surface area contributed by atoms with Crippen molar-refractivity contribution >= 4 is 17.7 Å². The van der Waals surface area contributed by atoms with Gasteiger partial charge in [-0.3, -0.25) is 4.79 Å². The van der Waals surface area contributed by atoms with E-state index < -0.39 is 10.2 Å². The summed E-state index contributed by atoms with van der Waals surface area (Å²) in [6, 6.07) is 0. The highest BCUT2D eigenvalue weighted by atomic mass is 32.2. The molecule has 11 heavy (non-hydrogen) atoms. The Kier molecular flexibility index (Phi) is 1.92. The lowest BCUT2D eigenvalue weighted by atomic mass is 10.2. The molecule has 0 aromatic rings. The minimum atomic E-state index is -0.544. The first kappa shape index (κ1) is 8.52. The molecule has 0 aliphatic carbocycles. The molecular formula is C6H10N2O2S. The summed E-state index contributed by atoms with van der Waals surface area (Å²) >= 11 is 1.28. The summed E-state index contributed by atoms with van der Waals surface area (Å²) in [5.74, 6) is -0.0351. The number of rotatable bonds is 1. The summed E-state index contributed by atoms with van der Waals surface area (Å²) in [5.41, 5.74) is -0.544. The van der Waals surface area contributed by atoms with Gasteiger partial charge in [0.15, 0.2) is 0 Å². The second-order valence-corrected chi connectivity index (χ2v) is 4.65. The lowest BCUT2D eigenvalue weighted by Gasteiger charge is -2.12. The third-order valence-electron chi connectivity index (χ3n) is 1.66. The van der Waals surface area contributed by atoms with Crippen LogP contribution in [-0.2, 0) is 4.79 Å². The van der Waals surface area contributed by atoms with Crippen LogP contribution in [0.5, 0.6) is 0 Å². The summed E-state index contributed by atoms with van der Waals surface area (Å²) in [7, 11) is 1.59. The molecule has 1 unspecified atom stereocenters. The predicted molar refractivity (Wildman–Crippen MR) is 44.0 cm³/mol. The summed E-state index contributed by atoms with van der Waals surface area (Å²) in [4.78, 5) is 22.9. The Bertz CT molecular complexity index is 205. The molecule has 1 amide bonds. The van der Waals surface area contributed by atoms with E-state index in [-0.39, 0.29) is 5.91 Å². The summed E-state index contributed by atoms with van der Waals surface area (Å²) < 4.78 is -0.493. The molecule has 1 fully saturated rings. The Hall–Kier alpha value is -0.580. The lowest BCUT2D eigenvalue weighted by Crippen LogP contribution is -2.33. The van der Waals surface area contributed by atoms with E-state index >= 15 is 0 Å². The maximum atomic E-state index is 11.3. The van der Waals surface area contributed by atoms with E-state index in [0.717, 1.165) is 0 Å². The summed E-state index contributed by atoms with van der Waals surface area (Å²) in [6.07, 6.45) is 0. The average Bonchev–Trinajstić information content (AvgIpc) is 2.13. The quantitative estimate of drug-likeness (QED) is 0.558. The van der Waals surface area contributed by atoms with Gasteiger partial charge in [-0.1, -0.05) is 11.8 Å². The van der Waals surface area contributed by atoms with Crippen LogP contribution in [-0.4, -0.2) is 28.1 Å². The van der Waals surface area contributed by atoms with E-state index in [0.29, 0.717) is 0 Å². The van der Waals surface area contributed by atoms with Crippen molar-refractivity contribution in [3.63, 3.8) is 0 Å². The highest BCUT2D eigenvalue weighted by Gasteiger charge is 2.45. The third-order valence-corrected chi connectivity index (χ3v) is 3.03. The smallest absolute Gasteiger partial charge is 0.240 e. The molecule has 1 atom stereocenters. The second-order valence-electron chi connectivity index (χ2n) is 2.98. The molecule has 1 aliphatic heterocycles. The van der Waals surface area contributed by atoms with Gasteiger partial charge in [0, 0.05) is 7.05 Å². The largest absolute Gasteiger partial charge is 0.311 e.